The fraction of sp³-hybridized carbons (Fsp3) is 0.0833. The van der Waals surface area contributed by atoms with Gasteiger partial charge in [-0.3, -0.25) is 9.59 Å². The summed E-state index contributed by atoms with van der Waals surface area (Å²) in [7, 11) is 0. The first-order valence-electron chi connectivity index (χ1n) is 9.68. The first-order valence-corrected chi connectivity index (χ1v) is 9.68. The minimum absolute atomic E-state index is 0.201. The zero-order valence-electron chi connectivity index (χ0n) is 16.5. The summed E-state index contributed by atoms with van der Waals surface area (Å²) in [5.74, 6) is -1.74. The number of aromatic carboxylic acids is 1. The quantitative estimate of drug-likeness (QED) is 0.505. The van der Waals surface area contributed by atoms with Crippen LogP contribution in [0.5, 0.6) is 0 Å². The van der Waals surface area contributed by atoms with Gasteiger partial charge in [-0.25, -0.2) is 9.48 Å². The number of nitrogens with one attached hydrogen (secondary N) is 1. The minimum atomic E-state index is -1.27. The summed E-state index contributed by atoms with van der Waals surface area (Å²) in [6.07, 6.45) is 0.634. The van der Waals surface area contributed by atoms with Gasteiger partial charge in [-0.1, -0.05) is 66.7 Å². The average Bonchev–Trinajstić information content (AvgIpc) is 2.77. The van der Waals surface area contributed by atoms with Gasteiger partial charge in [0.15, 0.2) is 5.69 Å². The van der Waals surface area contributed by atoms with E-state index < -0.39 is 24.0 Å². The van der Waals surface area contributed by atoms with Crippen molar-refractivity contribution in [2.75, 3.05) is 5.32 Å². The number of carbonyl (C=O) groups excluding carboxylic acids is 1. The molecule has 0 aliphatic heterocycles. The summed E-state index contributed by atoms with van der Waals surface area (Å²) in [6, 6.07) is 23.6. The summed E-state index contributed by atoms with van der Waals surface area (Å²) in [6.45, 7) is -0.399. The maximum atomic E-state index is 12.7. The van der Waals surface area contributed by atoms with E-state index in [1.807, 2.05) is 48.5 Å². The molecular weight excluding hydrogens is 394 g/mol. The number of hydrogen-bond donors (Lipinski definition) is 2. The summed E-state index contributed by atoms with van der Waals surface area (Å²) < 4.78 is 0.890. The number of fused-ring (bicyclic) bond motifs is 1. The van der Waals surface area contributed by atoms with E-state index >= 15 is 0 Å². The van der Waals surface area contributed by atoms with E-state index in [4.69, 9.17) is 0 Å². The molecule has 0 aliphatic carbocycles. The minimum Gasteiger partial charge on any atom is -0.476 e. The van der Waals surface area contributed by atoms with Crippen molar-refractivity contribution in [1.29, 1.82) is 0 Å². The van der Waals surface area contributed by atoms with Crippen LogP contribution in [0, 0.1) is 0 Å². The highest BCUT2D eigenvalue weighted by atomic mass is 16.4. The van der Waals surface area contributed by atoms with Crippen molar-refractivity contribution < 1.29 is 14.7 Å². The lowest BCUT2D eigenvalue weighted by Crippen LogP contribution is -2.31. The topological polar surface area (TPSA) is 101 Å². The monoisotopic (exact) mass is 413 g/mol. The molecule has 0 unspecified atom stereocenters. The number of aromatic nitrogens is 2. The van der Waals surface area contributed by atoms with Gasteiger partial charge >= 0.3 is 5.97 Å². The Morgan fingerprint density at radius 2 is 1.52 bits per heavy atom. The van der Waals surface area contributed by atoms with E-state index in [1.54, 1.807) is 18.2 Å². The number of hydrogen-bond acceptors (Lipinski definition) is 4. The average molecular weight is 413 g/mol. The molecule has 4 aromatic rings. The number of anilines is 1. The first kappa shape index (κ1) is 20.0. The maximum Gasteiger partial charge on any atom is 0.357 e. The molecule has 4 rings (SSSR count). The molecular formula is C24H19N3O4. The lowest BCUT2D eigenvalue weighted by molar-refractivity contribution is -0.117. The molecule has 0 spiro atoms. The van der Waals surface area contributed by atoms with Crippen LogP contribution < -0.4 is 10.9 Å². The normalized spacial score (nSPS) is 10.7. The highest BCUT2D eigenvalue weighted by Crippen LogP contribution is 2.19. The smallest absolute Gasteiger partial charge is 0.357 e. The number of rotatable bonds is 6. The van der Waals surface area contributed by atoms with Crippen LogP contribution in [0.1, 0.15) is 21.6 Å². The Hall–Kier alpha value is -4.26. The van der Waals surface area contributed by atoms with E-state index in [2.05, 4.69) is 10.4 Å². The first-order chi connectivity index (χ1) is 15.0. The second kappa shape index (κ2) is 8.62. The van der Waals surface area contributed by atoms with Gasteiger partial charge in [0.1, 0.15) is 6.54 Å². The molecule has 0 atom stereocenters. The number of benzene rings is 3. The van der Waals surface area contributed by atoms with Crippen LogP contribution in [-0.4, -0.2) is 26.8 Å². The van der Waals surface area contributed by atoms with Crippen molar-refractivity contribution in [3.05, 3.63) is 106 Å². The molecule has 0 saturated heterocycles. The van der Waals surface area contributed by atoms with Crippen molar-refractivity contribution in [2.24, 2.45) is 0 Å². The van der Waals surface area contributed by atoms with Gasteiger partial charge in [-0.05, 0) is 29.7 Å². The third-order valence-electron chi connectivity index (χ3n) is 4.89. The lowest BCUT2D eigenvalue weighted by Gasteiger charge is -2.12. The summed E-state index contributed by atoms with van der Waals surface area (Å²) in [5, 5.41) is 16.6. The molecule has 7 nitrogen and oxygen atoms in total. The fourth-order valence-electron chi connectivity index (χ4n) is 3.44. The van der Waals surface area contributed by atoms with Crippen LogP contribution in [0.15, 0.2) is 83.7 Å². The van der Waals surface area contributed by atoms with Crippen molar-refractivity contribution in [2.45, 2.75) is 13.0 Å². The Labute approximate surface area is 177 Å². The molecule has 0 saturated carbocycles. The van der Waals surface area contributed by atoms with Gasteiger partial charge in [0.25, 0.3) is 5.56 Å². The molecule has 3 aromatic carbocycles. The van der Waals surface area contributed by atoms with Crippen LogP contribution in [0.4, 0.5) is 5.69 Å². The second-order valence-electron chi connectivity index (χ2n) is 7.03. The Morgan fingerprint density at radius 3 is 2.26 bits per heavy atom. The zero-order chi connectivity index (χ0) is 21.8. The molecule has 0 fully saturated rings. The highest BCUT2D eigenvalue weighted by molar-refractivity contribution is 6.01. The van der Waals surface area contributed by atoms with Crippen molar-refractivity contribution in [3.63, 3.8) is 0 Å². The van der Waals surface area contributed by atoms with E-state index in [-0.39, 0.29) is 16.5 Å². The van der Waals surface area contributed by atoms with Gasteiger partial charge in [0.05, 0.1) is 5.39 Å². The summed E-state index contributed by atoms with van der Waals surface area (Å²) in [5.41, 5.74) is 1.86. The van der Waals surface area contributed by atoms with Crippen LogP contribution in [0.2, 0.25) is 0 Å². The van der Waals surface area contributed by atoms with E-state index in [1.165, 1.54) is 12.1 Å². The maximum absolute atomic E-state index is 12.7. The molecule has 154 valence electrons. The van der Waals surface area contributed by atoms with Crippen molar-refractivity contribution in [1.82, 2.24) is 9.78 Å². The molecule has 1 aromatic heterocycles. The van der Waals surface area contributed by atoms with E-state index in [9.17, 15) is 19.5 Å². The summed E-state index contributed by atoms with van der Waals surface area (Å²) in [4.78, 5) is 37.0. The molecule has 0 bridgehead atoms. The van der Waals surface area contributed by atoms with E-state index in [0.29, 0.717) is 12.1 Å². The Kier molecular flexibility index (Phi) is 5.57. The third-order valence-corrected chi connectivity index (χ3v) is 4.89. The standard InChI is InChI=1S/C24H19N3O4/c28-21(25-20-13-7-4-10-17(20)14-16-8-2-1-3-9-16)15-27-23(29)19-12-6-5-11-18(19)22(26-27)24(30)31/h1-13H,14-15H2,(H,25,28)(H,30,31). The van der Waals surface area contributed by atoms with Crippen molar-refractivity contribution >= 4 is 28.3 Å². The highest BCUT2D eigenvalue weighted by Gasteiger charge is 2.17. The number of carbonyl (C=O) groups is 2. The molecule has 2 N–H and O–H groups in total. The van der Waals surface area contributed by atoms with Gasteiger partial charge in [0, 0.05) is 11.1 Å². The molecule has 1 heterocycles. The molecule has 0 aliphatic rings. The van der Waals surface area contributed by atoms with E-state index in [0.717, 1.165) is 15.8 Å². The molecule has 7 heteroatoms. The largest absolute Gasteiger partial charge is 0.476 e. The van der Waals surface area contributed by atoms with Gasteiger partial charge in [-0.15, -0.1) is 0 Å². The third kappa shape index (κ3) is 4.35. The Bertz CT molecular complexity index is 1330. The van der Waals surface area contributed by atoms with Crippen LogP contribution in [0.3, 0.4) is 0 Å². The number of carboxylic acids is 1. The Balaban J connectivity index is 1.61. The number of nitrogens with zero attached hydrogens (tertiary/aromatic N) is 2. The lowest BCUT2D eigenvalue weighted by atomic mass is 10.0. The molecule has 1 amide bonds. The van der Waals surface area contributed by atoms with Crippen LogP contribution >= 0.6 is 0 Å². The van der Waals surface area contributed by atoms with Gasteiger partial charge in [0.2, 0.25) is 5.91 Å². The SMILES string of the molecule is O=C(Cn1nc(C(=O)O)c2ccccc2c1=O)Nc1ccccc1Cc1ccccc1. The number of carboxylic acid groups (broad SMARTS) is 1. The number of para-hydroxylation sites is 1. The van der Waals surface area contributed by atoms with Crippen LogP contribution in [-0.2, 0) is 17.8 Å². The van der Waals surface area contributed by atoms with Gasteiger partial charge in [-0.2, -0.15) is 5.10 Å². The zero-order valence-corrected chi connectivity index (χ0v) is 16.5. The summed E-state index contributed by atoms with van der Waals surface area (Å²) >= 11 is 0. The van der Waals surface area contributed by atoms with Crippen LogP contribution in [0.25, 0.3) is 10.8 Å². The number of amides is 1. The van der Waals surface area contributed by atoms with Crippen molar-refractivity contribution in [3.8, 4) is 0 Å². The molecule has 0 radical (unpaired) electrons. The van der Waals surface area contributed by atoms with Gasteiger partial charge < -0.3 is 10.4 Å². The predicted octanol–water partition coefficient (Wildman–Crippen LogP) is 3.32. The predicted molar refractivity (Wildman–Crippen MR) is 117 cm³/mol. The fourth-order valence-corrected chi connectivity index (χ4v) is 3.44. The molecule has 31 heavy (non-hydrogen) atoms. The second-order valence-corrected chi connectivity index (χ2v) is 7.03. The Morgan fingerprint density at radius 1 is 0.871 bits per heavy atom.